The van der Waals surface area contributed by atoms with Gasteiger partial charge in [0.05, 0.1) is 5.69 Å². The average Bonchev–Trinajstić information content (AvgIpc) is 3.25. The minimum atomic E-state index is -0.465. The Labute approximate surface area is 159 Å². The first-order chi connectivity index (χ1) is 13.6. The van der Waals surface area contributed by atoms with Crippen molar-refractivity contribution < 1.29 is 19.1 Å². The van der Waals surface area contributed by atoms with Crippen molar-refractivity contribution in [3.05, 3.63) is 59.4 Å². The summed E-state index contributed by atoms with van der Waals surface area (Å²) >= 11 is 0. The van der Waals surface area contributed by atoms with Crippen molar-refractivity contribution in [2.75, 3.05) is 13.2 Å². The van der Waals surface area contributed by atoms with Crippen LogP contribution < -0.4 is 20.3 Å². The van der Waals surface area contributed by atoms with Crippen molar-refractivity contribution in [1.29, 1.82) is 0 Å². The molecular weight excluding hydrogens is 364 g/mol. The van der Waals surface area contributed by atoms with Gasteiger partial charge in [-0.1, -0.05) is 0 Å². The number of tetrazole rings is 1. The highest BCUT2D eigenvalue weighted by Crippen LogP contribution is 2.30. The Balaban J connectivity index is 1.41. The molecular formula is C18H16N6O4. The Morgan fingerprint density at radius 3 is 2.32 bits per heavy atom. The van der Waals surface area contributed by atoms with E-state index in [0.717, 1.165) is 11.3 Å². The van der Waals surface area contributed by atoms with Crippen LogP contribution in [0.5, 0.6) is 11.5 Å². The highest BCUT2D eigenvalue weighted by atomic mass is 16.6. The van der Waals surface area contributed by atoms with Crippen LogP contribution in [-0.4, -0.2) is 45.2 Å². The number of amides is 2. The molecule has 4 rings (SSSR count). The van der Waals surface area contributed by atoms with Gasteiger partial charge < -0.3 is 9.47 Å². The quantitative estimate of drug-likeness (QED) is 0.645. The van der Waals surface area contributed by atoms with E-state index in [1.807, 2.05) is 6.92 Å². The molecule has 2 amide bonds. The smallest absolute Gasteiger partial charge is 0.269 e. The molecule has 10 nitrogen and oxygen atoms in total. The number of nitrogens with zero attached hydrogens (tertiary/aromatic N) is 4. The number of ether oxygens (including phenoxy) is 2. The van der Waals surface area contributed by atoms with E-state index in [1.54, 1.807) is 36.4 Å². The van der Waals surface area contributed by atoms with Crippen LogP contribution in [0.25, 0.3) is 5.69 Å². The molecule has 10 heteroatoms. The molecule has 2 N–H and O–H groups in total. The first-order valence-corrected chi connectivity index (χ1v) is 8.46. The second kappa shape index (κ2) is 7.35. The maximum atomic E-state index is 12.3. The van der Waals surface area contributed by atoms with E-state index in [1.165, 1.54) is 11.0 Å². The van der Waals surface area contributed by atoms with Gasteiger partial charge in [0.25, 0.3) is 11.8 Å². The average molecular weight is 380 g/mol. The van der Waals surface area contributed by atoms with E-state index in [9.17, 15) is 9.59 Å². The fraction of sp³-hybridized carbons (Fsp3) is 0.167. The molecule has 1 aromatic heterocycles. The van der Waals surface area contributed by atoms with Crippen molar-refractivity contribution in [3.63, 3.8) is 0 Å². The number of aromatic nitrogens is 4. The van der Waals surface area contributed by atoms with Gasteiger partial charge in [-0.25, -0.2) is 4.68 Å². The molecule has 2 heterocycles. The lowest BCUT2D eigenvalue weighted by atomic mass is 10.1. The number of carbonyl (C=O) groups is 2. The van der Waals surface area contributed by atoms with Crippen molar-refractivity contribution in [2.24, 2.45) is 0 Å². The molecule has 2 aromatic carbocycles. The molecule has 0 bridgehead atoms. The Morgan fingerprint density at radius 2 is 1.64 bits per heavy atom. The number of hydrogen-bond donors (Lipinski definition) is 2. The fourth-order valence-corrected chi connectivity index (χ4v) is 2.77. The molecule has 0 saturated heterocycles. The summed E-state index contributed by atoms with van der Waals surface area (Å²) in [6.07, 6.45) is 1.47. The van der Waals surface area contributed by atoms with Crippen LogP contribution in [0.1, 0.15) is 26.3 Å². The van der Waals surface area contributed by atoms with Crippen molar-refractivity contribution in [1.82, 2.24) is 31.1 Å². The number of benzene rings is 2. The lowest BCUT2D eigenvalue weighted by Crippen LogP contribution is -2.41. The summed E-state index contributed by atoms with van der Waals surface area (Å²) in [4.78, 5) is 24.6. The van der Waals surface area contributed by atoms with Crippen LogP contribution >= 0.6 is 0 Å². The van der Waals surface area contributed by atoms with Crippen LogP contribution in [0.4, 0.5) is 0 Å². The molecule has 0 radical (unpaired) electrons. The molecule has 0 fully saturated rings. The largest absolute Gasteiger partial charge is 0.486 e. The third-order valence-electron chi connectivity index (χ3n) is 4.15. The minimum Gasteiger partial charge on any atom is -0.486 e. The summed E-state index contributed by atoms with van der Waals surface area (Å²) in [5.74, 6) is 0.175. The summed E-state index contributed by atoms with van der Waals surface area (Å²) in [5, 5.41) is 11.0. The van der Waals surface area contributed by atoms with Crippen LogP contribution in [0, 0.1) is 6.92 Å². The van der Waals surface area contributed by atoms with Crippen LogP contribution in [0.2, 0.25) is 0 Å². The Morgan fingerprint density at radius 1 is 0.964 bits per heavy atom. The number of hydrazine groups is 1. The highest BCUT2D eigenvalue weighted by molar-refractivity contribution is 5.99. The number of hydrogen-bond acceptors (Lipinski definition) is 7. The molecule has 0 saturated carbocycles. The number of nitrogens with one attached hydrogen (secondary N) is 2. The predicted molar refractivity (Wildman–Crippen MR) is 96.3 cm³/mol. The first kappa shape index (κ1) is 17.5. The summed E-state index contributed by atoms with van der Waals surface area (Å²) in [5.41, 5.74) is 7.08. The number of aryl methyl sites for hydroxylation is 1. The summed E-state index contributed by atoms with van der Waals surface area (Å²) < 4.78 is 12.4. The minimum absolute atomic E-state index is 0.342. The zero-order chi connectivity index (χ0) is 19.5. The maximum Gasteiger partial charge on any atom is 0.269 e. The van der Waals surface area contributed by atoms with Gasteiger partial charge in [0, 0.05) is 11.1 Å². The molecule has 0 spiro atoms. The topological polar surface area (TPSA) is 120 Å². The third kappa shape index (κ3) is 3.47. The first-order valence-electron chi connectivity index (χ1n) is 8.46. The fourth-order valence-electron chi connectivity index (χ4n) is 2.77. The van der Waals surface area contributed by atoms with Crippen molar-refractivity contribution in [3.8, 4) is 17.2 Å². The second-order valence-corrected chi connectivity index (χ2v) is 6.02. The van der Waals surface area contributed by atoms with E-state index in [-0.39, 0.29) is 0 Å². The molecule has 0 atom stereocenters. The van der Waals surface area contributed by atoms with Crippen molar-refractivity contribution in [2.45, 2.75) is 6.92 Å². The third-order valence-corrected chi connectivity index (χ3v) is 4.15. The lowest BCUT2D eigenvalue weighted by Gasteiger charge is -2.18. The lowest BCUT2D eigenvalue weighted by molar-refractivity contribution is 0.0846. The van der Waals surface area contributed by atoms with Gasteiger partial charge in [0.15, 0.2) is 11.5 Å². The molecule has 0 unspecified atom stereocenters. The number of rotatable bonds is 3. The molecule has 142 valence electrons. The predicted octanol–water partition coefficient (Wildman–Crippen LogP) is 0.817. The Bertz CT molecular complexity index is 1030. The van der Waals surface area contributed by atoms with Gasteiger partial charge in [0.1, 0.15) is 19.5 Å². The van der Waals surface area contributed by atoms with Crippen LogP contribution in [0.3, 0.4) is 0 Å². The number of fused-ring (bicyclic) bond motifs is 1. The van der Waals surface area contributed by atoms with E-state index >= 15 is 0 Å². The molecule has 3 aromatic rings. The standard InChI is InChI=1S/C18H16N6O4/c1-11-8-12(2-4-14(11)24-10-19-22-23-24)17(25)20-21-18(26)13-3-5-15-16(9-13)28-7-6-27-15/h2-5,8-10H,6-7H2,1H3,(H,20,25)(H,21,26). The SMILES string of the molecule is Cc1cc(C(=O)NNC(=O)c2ccc3c(c2)OCCO3)ccc1-n1cnnn1. The van der Waals surface area contributed by atoms with Crippen molar-refractivity contribution >= 4 is 11.8 Å². The highest BCUT2D eigenvalue weighted by Gasteiger charge is 2.16. The number of carbonyl (C=O) groups excluding carboxylic acids is 2. The van der Waals surface area contributed by atoms with E-state index in [2.05, 4.69) is 26.4 Å². The van der Waals surface area contributed by atoms with Crippen LogP contribution in [-0.2, 0) is 0 Å². The summed E-state index contributed by atoms with van der Waals surface area (Å²) in [7, 11) is 0. The van der Waals surface area contributed by atoms with Gasteiger partial charge in [-0.15, -0.1) is 5.10 Å². The van der Waals surface area contributed by atoms with Gasteiger partial charge in [-0.3, -0.25) is 20.4 Å². The summed E-state index contributed by atoms with van der Waals surface area (Å²) in [6, 6.07) is 9.86. The monoisotopic (exact) mass is 380 g/mol. The van der Waals surface area contributed by atoms with E-state index in [0.29, 0.717) is 35.8 Å². The zero-order valence-corrected chi connectivity index (χ0v) is 14.9. The Kier molecular flexibility index (Phi) is 4.58. The van der Waals surface area contributed by atoms with Gasteiger partial charge >= 0.3 is 0 Å². The zero-order valence-electron chi connectivity index (χ0n) is 14.9. The van der Waals surface area contributed by atoms with Gasteiger partial charge in [-0.05, 0) is 59.3 Å². The molecule has 1 aliphatic heterocycles. The normalized spacial score (nSPS) is 12.3. The van der Waals surface area contributed by atoms with Gasteiger partial charge in [-0.2, -0.15) is 0 Å². The van der Waals surface area contributed by atoms with Crippen LogP contribution in [0.15, 0.2) is 42.7 Å². The maximum absolute atomic E-state index is 12.3. The molecule has 1 aliphatic rings. The van der Waals surface area contributed by atoms with E-state index in [4.69, 9.17) is 9.47 Å². The molecule has 28 heavy (non-hydrogen) atoms. The summed E-state index contributed by atoms with van der Waals surface area (Å²) in [6.45, 7) is 2.73. The Hall–Kier alpha value is -3.95. The molecule has 0 aliphatic carbocycles. The second-order valence-electron chi connectivity index (χ2n) is 6.02. The van der Waals surface area contributed by atoms with E-state index < -0.39 is 11.8 Å². The van der Waals surface area contributed by atoms with Gasteiger partial charge in [0.2, 0.25) is 0 Å².